The number of hydrogen-bond acceptors (Lipinski definition) is 4. The first-order valence-electron chi connectivity index (χ1n) is 19.5. The van der Waals surface area contributed by atoms with E-state index < -0.39 is 5.41 Å². The maximum absolute atomic E-state index is 9.69. The van der Waals surface area contributed by atoms with Gasteiger partial charge in [0.15, 0.2) is 5.82 Å². The second kappa shape index (κ2) is 13.7. The van der Waals surface area contributed by atoms with E-state index in [0.29, 0.717) is 11.4 Å². The Morgan fingerprint density at radius 2 is 0.948 bits per heavy atom. The third-order valence-corrected chi connectivity index (χ3v) is 12.7. The Kier molecular flexibility index (Phi) is 8.03. The number of nitriles is 1. The predicted molar refractivity (Wildman–Crippen MR) is 235 cm³/mol. The number of nitrogens with zero attached hydrogens (tertiary/aromatic N) is 3. The Balaban J connectivity index is 1.19. The van der Waals surface area contributed by atoms with Gasteiger partial charge in [-0.05, 0) is 98.1 Å². The van der Waals surface area contributed by atoms with Crippen LogP contribution in [0.25, 0.3) is 67.3 Å². The van der Waals surface area contributed by atoms with Crippen molar-refractivity contribution in [1.82, 2.24) is 9.97 Å². The molecule has 9 aromatic rings. The third kappa shape index (κ3) is 5.36. The Bertz CT molecular complexity index is 3010. The van der Waals surface area contributed by atoms with Crippen molar-refractivity contribution in [2.75, 3.05) is 0 Å². The molecule has 2 heterocycles. The van der Waals surface area contributed by atoms with Crippen molar-refractivity contribution in [2.24, 2.45) is 0 Å². The average molecular weight is 756 g/mol. The number of fused-ring (bicyclic) bond motifs is 9. The largest absolute Gasteiger partial charge is 0.228 e. The molecular weight excluding hydrogens is 723 g/mol. The molecule has 0 amide bonds. The van der Waals surface area contributed by atoms with Crippen LogP contribution in [-0.2, 0) is 5.41 Å². The molecule has 0 atom stereocenters. The summed E-state index contributed by atoms with van der Waals surface area (Å²) in [5.74, 6) is 0.683. The van der Waals surface area contributed by atoms with E-state index in [2.05, 4.69) is 176 Å². The van der Waals surface area contributed by atoms with Crippen LogP contribution in [0.15, 0.2) is 210 Å². The van der Waals surface area contributed by atoms with Gasteiger partial charge in [0.25, 0.3) is 0 Å². The van der Waals surface area contributed by atoms with Crippen LogP contribution in [0.5, 0.6) is 0 Å². The van der Waals surface area contributed by atoms with Crippen molar-refractivity contribution < 1.29 is 0 Å². The average Bonchev–Trinajstić information content (AvgIpc) is 3.59. The second-order valence-electron chi connectivity index (χ2n) is 14.8. The van der Waals surface area contributed by atoms with Crippen molar-refractivity contribution in [3.63, 3.8) is 0 Å². The summed E-state index contributed by atoms with van der Waals surface area (Å²) in [5.41, 5.74) is 16.7. The van der Waals surface area contributed by atoms with E-state index in [1.807, 2.05) is 42.1 Å². The summed E-state index contributed by atoms with van der Waals surface area (Å²) in [5, 5.41) is 9.69. The summed E-state index contributed by atoms with van der Waals surface area (Å²) < 4.78 is 0. The quantitative estimate of drug-likeness (QED) is 0.175. The van der Waals surface area contributed by atoms with Gasteiger partial charge in [0, 0.05) is 26.5 Å². The SMILES string of the molecule is N#Cc1cccc(-c2cccc(-c3cccc4c3-c3cc(-c5nc(-c6ccccc6)cc(-c6ccccc6)n5)ccc3C43c4ccccc4Sc4ccccc43)c2)c1. The molecule has 0 unspecified atom stereocenters. The number of rotatable bonds is 5. The lowest BCUT2D eigenvalue weighted by Crippen LogP contribution is -2.31. The normalized spacial score (nSPS) is 12.9. The van der Waals surface area contributed by atoms with E-state index in [-0.39, 0.29) is 0 Å². The summed E-state index contributed by atoms with van der Waals surface area (Å²) in [6.07, 6.45) is 0. The van der Waals surface area contributed by atoms with Crippen molar-refractivity contribution in [1.29, 1.82) is 5.26 Å². The van der Waals surface area contributed by atoms with Crippen molar-refractivity contribution in [3.8, 4) is 73.4 Å². The molecular formula is C54H33N3S. The summed E-state index contributed by atoms with van der Waals surface area (Å²) in [6, 6.07) is 73.2. The fourth-order valence-corrected chi connectivity index (χ4v) is 10.2. The highest BCUT2D eigenvalue weighted by Gasteiger charge is 2.50. The number of benzene rings is 8. The zero-order chi connectivity index (χ0) is 38.6. The Morgan fingerprint density at radius 3 is 1.62 bits per heavy atom. The number of hydrogen-bond donors (Lipinski definition) is 0. The maximum Gasteiger partial charge on any atom is 0.160 e. The molecule has 4 heteroatoms. The zero-order valence-electron chi connectivity index (χ0n) is 31.3. The van der Waals surface area contributed by atoms with Crippen LogP contribution < -0.4 is 0 Å². The second-order valence-corrected chi connectivity index (χ2v) is 15.9. The molecule has 0 N–H and O–H groups in total. The van der Waals surface area contributed by atoms with Crippen LogP contribution in [0.4, 0.5) is 0 Å². The van der Waals surface area contributed by atoms with E-state index >= 15 is 0 Å². The molecule has 58 heavy (non-hydrogen) atoms. The monoisotopic (exact) mass is 755 g/mol. The van der Waals surface area contributed by atoms with E-state index in [1.165, 1.54) is 43.2 Å². The van der Waals surface area contributed by atoms with Gasteiger partial charge >= 0.3 is 0 Å². The first-order chi connectivity index (χ1) is 28.7. The van der Waals surface area contributed by atoms with E-state index in [9.17, 15) is 5.26 Å². The minimum atomic E-state index is -0.543. The molecule has 1 aliphatic carbocycles. The lowest BCUT2D eigenvalue weighted by atomic mass is 9.67. The summed E-state index contributed by atoms with van der Waals surface area (Å²) >= 11 is 1.85. The molecule has 2 aliphatic rings. The van der Waals surface area contributed by atoms with Crippen LogP contribution in [0.2, 0.25) is 0 Å². The van der Waals surface area contributed by atoms with E-state index in [4.69, 9.17) is 9.97 Å². The van der Waals surface area contributed by atoms with Gasteiger partial charge in [0.05, 0.1) is 28.4 Å². The fourth-order valence-electron chi connectivity index (χ4n) is 9.06. The van der Waals surface area contributed by atoms with Crippen LogP contribution >= 0.6 is 11.8 Å². The first kappa shape index (κ1) is 34.0. The van der Waals surface area contributed by atoms with Crippen LogP contribution in [-0.4, -0.2) is 9.97 Å². The van der Waals surface area contributed by atoms with Gasteiger partial charge in [-0.15, -0.1) is 0 Å². The van der Waals surface area contributed by atoms with Gasteiger partial charge in [-0.1, -0.05) is 169 Å². The van der Waals surface area contributed by atoms with Gasteiger partial charge < -0.3 is 0 Å². The molecule has 8 aromatic carbocycles. The van der Waals surface area contributed by atoms with Gasteiger partial charge in [-0.3, -0.25) is 0 Å². The first-order valence-corrected chi connectivity index (χ1v) is 20.3. The zero-order valence-corrected chi connectivity index (χ0v) is 32.1. The Labute approximate surface area is 342 Å². The standard InChI is InChI=1S/C54H33N3S/c55-34-35-14-11-19-38(30-35)39-20-12-21-40(31-39)42-22-13-25-47-52(42)43-32-41(53-56-48(36-15-3-1-4-16-36)33-49(57-53)37-17-5-2-6-18-37)28-29-44(43)54(47)45-23-7-9-26-50(45)58-51-27-10-8-24-46(51)54/h1-33H. The molecule has 270 valence electrons. The lowest BCUT2D eigenvalue weighted by Gasteiger charge is -2.39. The maximum atomic E-state index is 9.69. The minimum absolute atomic E-state index is 0.543. The number of aromatic nitrogens is 2. The van der Waals surface area contributed by atoms with Crippen LogP contribution in [0.3, 0.4) is 0 Å². The highest BCUT2D eigenvalue weighted by molar-refractivity contribution is 7.99. The molecule has 0 saturated heterocycles. The molecule has 0 bridgehead atoms. The topological polar surface area (TPSA) is 49.6 Å². The van der Waals surface area contributed by atoms with Crippen molar-refractivity contribution in [2.45, 2.75) is 15.2 Å². The molecule has 1 aromatic heterocycles. The van der Waals surface area contributed by atoms with Gasteiger partial charge in [0.2, 0.25) is 0 Å². The molecule has 11 rings (SSSR count). The molecule has 0 fully saturated rings. The fraction of sp³-hybridized carbons (Fsp3) is 0.0185. The summed E-state index contributed by atoms with van der Waals surface area (Å²) in [4.78, 5) is 13.0. The summed E-state index contributed by atoms with van der Waals surface area (Å²) in [6.45, 7) is 0. The summed E-state index contributed by atoms with van der Waals surface area (Å²) in [7, 11) is 0. The molecule has 0 saturated carbocycles. The molecule has 3 nitrogen and oxygen atoms in total. The van der Waals surface area contributed by atoms with Gasteiger partial charge in [-0.25, -0.2) is 9.97 Å². The van der Waals surface area contributed by atoms with Gasteiger partial charge in [-0.2, -0.15) is 5.26 Å². The predicted octanol–water partition coefficient (Wildman–Crippen LogP) is 13.5. The highest BCUT2D eigenvalue weighted by atomic mass is 32.2. The molecule has 1 aliphatic heterocycles. The smallest absolute Gasteiger partial charge is 0.160 e. The third-order valence-electron chi connectivity index (χ3n) is 11.6. The van der Waals surface area contributed by atoms with Gasteiger partial charge in [0.1, 0.15) is 0 Å². The minimum Gasteiger partial charge on any atom is -0.228 e. The van der Waals surface area contributed by atoms with E-state index in [1.54, 1.807) is 0 Å². The van der Waals surface area contributed by atoms with Crippen molar-refractivity contribution >= 4 is 11.8 Å². The lowest BCUT2D eigenvalue weighted by molar-refractivity contribution is 0.722. The highest BCUT2D eigenvalue weighted by Crippen LogP contribution is 2.63. The van der Waals surface area contributed by atoms with Crippen molar-refractivity contribution in [3.05, 3.63) is 228 Å². The molecule has 1 spiro atoms. The van der Waals surface area contributed by atoms with Crippen LogP contribution in [0, 0.1) is 11.3 Å². The Hall–Kier alpha value is -7.32. The Morgan fingerprint density at radius 1 is 0.397 bits per heavy atom. The van der Waals surface area contributed by atoms with E-state index in [0.717, 1.165) is 50.3 Å². The van der Waals surface area contributed by atoms with Crippen LogP contribution in [0.1, 0.15) is 27.8 Å². The molecule has 0 radical (unpaired) electrons.